The van der Waals surface area contributed by atoms with E-state index in [-0.39, 0.29) is 12.4 Å². The van der Waals surface area contributed by atoms with Gasteiger partial charge in [-0.05, 0) is 35.9 Å². The fourth-order valence-electron chi connectivity index (χ4n) is 1.58. The number of ether oxygens (including phenoxy) is 1. The van der Waals surface area contributed by atoms with Gasteiger partial charge in [0, 0.05) is 18.8 Å². The van der Waals surface area contributed by atoms with Crippen molar-refractivity contribution in [2.75, 3.05) is 6.61 Å². The molecule has 0 atom stereocenters. The molecule has 0 aliphatic heterocycles. The third-order valence-corrected chi connectivity index (χ3v) is 2.55. The van der Waals surface area contributed by atoms with Gasteiger partial charge >= 0.3 is 0 Å². The summed E-state index contributed by atoms with van der Waals surface area (Å²) < 4.78 is 18.9. The van der Waals surface area contributed by atoms with Crippen molar-refractivity contribution in [1.82, 2.24) is 4.98 Å². The average molecular weight is 271 g/mol. The van der Waals surface area contributed by atoms with Crippen LogP contribution in [0.1, 0.15) is 17.5 Å². The van der Waals surface area contributed by atoms with Crippen molar-refractivity contribution in [2.45, 2.75) is 13.0 Å². The molecule has 102 valence electrons. The molecule has 0 saturated carbocycles. The molecule has 0 unspecified atom stereocenters. The van der Waals surface area contributed by atoms with Gasteiger partial charge in [0.1, 0.15) is 18.2 Å². The van der Waals surface area contributed by atoms with Crippen molar-refractivity contribution in [3.05, 3.63) is 59.7 Å². The van der Waals surface area contributed by atoms with E-state index in [1.54, 1.807) is 18.5 Å². The number of hydrogen-bond acceptors (Lipinski definition) is 3. The topological polar surface area (TPSA) is 42.4 Å². The van der Waals surface area contributed by atoms with Crippen molar-refractivity contribution in [2.24, 2.45) is 0 Å². The first-order chi connectivity index (χ1) is 9.79. The van der Waals surface area contributed by atoms with E-state index in [1.165, 1.54) is 12.1 Å². The molecule has 2 aromatic rings. The molecule has 1 heterocycles. The molecule has 2 rings (SSSR count). The zero-order valence-corrected chi connectivity index (χ0v) is 10.8. The first-order valence-corrected chi connectivity index (χ1v) is 6.20. The number of pyridine rings is 1. The molecule has 20 heavy (non-hydrogen) atoms. The van der Waals surface area contributed by atoms with Gasteiger partial charge in [-0.3, -0.25) is 4.98 Å². The molecule has 0 saturated heterocycles. The maximum atomic E-state index is 13.2. The molecule has 3 nitrogen and oxygen atoms in total. The summed E-state index contributed by atoms with van der Waals surface area (Å²) in [5.74, 6) is 5.72. The lowest BCUT2D eigenvalue weighted by molar-refractivity contribution is 0.304. The predicted octanol–water partition coefficient (Wildman–Crippen LogP) is 2.53. The van der Waals surface area contributed by atoms with E-state index < -0.39 is 0 Å². The SMILES string of the molecule is OCCC#Cc1cc(F)ccc1OCc1ccncc1. The number of aliphatic hydroxyl groups is 1. The summed E-state index contributed by atoms with van der Waals surface area (Å²) in [6, 6.07) is 7.91. The monoisotopic (exact) mass is 271 g/mol. The van der Waals surface area contributed by atoms with Gasteiger partial charge in [-0.1, -0.05) is 11.8 Å². The maximum Gasteiger partial charge on any atom is 0.135 e. The fourth-order valence-corrected chi connectivity index (χ4v) is 1.58. The highest BCUT2D eigenvalue weighted by molar-refractivity contribution is 5.46. The van der Waals surface area contributed by atoms with Crippen molar-refractivity contribution >= 4 is 0 Å². The summed E-state index contributed by atoms with van der Waals surface area (Å²) in [4.78, 5) is 3.93. The van der Waals surface area contributed by atoms with Crippen LogP contribution in [0.5, 0.6) is 5.75 Å². The Kier molecular flexibility index (Phi) is 5.10. The van der Waals surface area contributed by atoms with Gasteiger partial charge in [0.25, 0.3) is 0 Å². The summed E-state index contributed by atoms with van der Waals surface area (Å²) in [5.41, 5.74) is 1.45. The van der Waals surface area contributed by atoms with E-state index in [0.29, 0.717) is 24.3 Å². The second-order valence-electron chi connectivity index (χ2n) is 4.06. The molecule has 1 aromatic heterocycles. The third-order valence-electron chi connectivity index (χ3n) is 2.55. The quantitative estimate of drug-likeness (QED) is 0.869. The van der Waals surface area contributed by atoms with Gasteiger partial charge in [-0.25, -0.2) is 4.39 Å². The Bertz CT molecular complexity index is 617. The van der Waals surface area contributed by atoms with E-state index in [0.717, 1.165) is 5.56 Å². The Balaban J connectivity index is 2.13. The Labute approximate surface area is 117 Å². The summed E-state index contributed by atoms with van der Waals surface area (Å²) in [7, 11) is 0. The zero-order chi connectivity index (χ0) is 14.2. The van der Waals surface area contributed by atoms with Crippen LogP contribution in [0.2, 0.25) is 0 Å². The highest BCUT2D eigenvalue weighted by atomic mass is 19.1. The highest BCUT2D eigenvalue weighted by Crippen LogP contribution is 2.20. The first kappa shape index (κ1) is 14.0. The molecular weight excluding hydrogens is 257 g/mol. The maximum absolute atomic E-state index is 13.2. The molecular formula is C16H14FNO2. The first-order valence-electron chi connectivity index (χ1n) is 6.20. The fraction of sp³-hybridized carbons (Fsp3) is 0.188. The molecule has 0 aliphatic carbocycles. The molecule has 1 N–H and O–H groups in total. The van der Waals surface area contributed by atoms with Crippen LogP contribution in [0.25, 0.3) is 0 Å². The zero-order valence-electron chi connectivity index (χ0n) is 10.8. The summed E-state index contributed by atoms with van der Waals surface area (Å²) in [5, 5.41) is 8.71. The van der Waals surface area contributed by atoms with Crippen LogP contribution in [-0.4, -0.2) is 16.7 Å². The van der Waals surface area contributed by atoms with E-state index >= 15 is 0 Å². The van der Waals surface area contributed by atoms with E-state index in [1.807, 2.05) is 12.1 Å². The van der Waals surface area contributed by atoms with Gasteiger partial charge in [-0.2, -0.15) is 0 Å². The Morgan fingerprint density at radius 3 is 2.75 bits per heavy atom. The molecule has 0 spiro atoms. The number of aliphatic hydroxyl groups excluding tert-OH is 1. The summed E-state index contributed by atoms with van der Waals surface area (Å²) in [6.45, 7) is 0.346. The van der Waals surface area contributed by atoms with Crippen molar-refractivity contribution < 1.29 is 14.2 Å². The minimum Gasteiger partial charge on any atom is -0.488 e. The molecule has 1 aromatic carbocycles. The van der Waals surface area contributed by atoms with Gasteiger partial charge in [0.2, 0.25) is 0 Å². The van der Waals surface area contributed by atoms with Gasteiger partial charge in [-0.15, -0.1) is 0 Å². The molecule has 0 fully saturated rings. The normalized spacial score (nSPS) is 9.70. The molecule has 4 heteroatoms. The smallest absolute Gasteiger partial charge is 0.135 e. The van der Waals surface area contributed by atoms with Crippen molar-refractivity contribution in [3.63, 3.8) is 0 Å². The number of nitrogens with zero attached hydrogens (tertiary/aromatic N) is 1. The number of hydrogen-bond donors (Lipinski definition) is 1. The lowest BCUT2D eigenvalue weighted by Gasteiger charge is -2.08. The third kappa shape index (κ3) is 4.08. The van der Waals surface area contributed by atoms with E-state index in [4.69, 9.17) is 9.84 Å². The highest BCUT2D eigenvalue weighted by Gasteiger charge is 2.04. The van der Waals surface area contributed by atoms with Crippen LogP contribution in [0.4, 0.5) is 4.39 Å². The standard InChI is InChI=1S/C16H14FNO2/c17-15-4-5-16(14(11-15)3-1-2-10-19)20-12-13-6-8-18-9-7-13/h4-9,11,19H,2,10,12H2. The number of aromatic nitrogens is 1. The summed E-state index contributed by atoms with van der Waals surface area (Å²) in [6.07, 6.45) is 3.72. The van der Waals surface area contributed by atoms with Gasteiger partial charge in [0.15, 0.2) is 0 Å². The predicted molar refractivity (Wildman–Crippen MR) is 73.5 cm³/mol. The number of rotatable bonds is 4. The summed E-state index contributed by atoms with van der Waals surface area (Å²) >= 11 is 0. The molecule has 0 bridgehead atoms. The minimum atomic E-state index is -0.366. The molecule has 0 amide bonds. The Hall–Kier alpha value is -2.38. The molecule has 0 aliphatic rings. The van der Waals surface area contributed by atoms with Crippen LogP contribution in [0.3, 0.4) is 0 Å². The Morgan fingerprint density at radius 2 is 2.00 bits per heavy atom. The van der Waals surface area contributed by atoms with Crippen LogP contribution >= 0.6 is 0 Å². The van der Waals surface area contributed by atoms with Crippen LogP contribution in [0, 0.1) is 17.7 Å². The second kappa shape index (κ2) is 7.27. The van der Waals surface area contributed by atoms with Crippen LogP contribution in [0.15, 0.2) is 42.7 Å². The van der Waals surface area contributed by atoms with Gasteiger partial charge in [0.05, 0.1) is 12.2 Å². The number of halogens is 1. The van der Waals surface area contributed by atoms with Crippen molar-refractivity contribution in [1.29, 1.82) is 0 Å². The van der Waals surface area contributed by atoms with Crippen LogP contribution < -0.4 is 4.74 Å². The van der Waals surface area contributed by atoms with E-state index in [9.17, 15) is 4.39 Å². The number of benzene rings is 1. The van der Waals surface area contributed by atoms with Crippen molar-refractivity contribution in [3.8, 4) is 17.6 Å². The van der Waals surface area contributed by atoms with E-state index in [2.05, 4.69) is 16.8 Å². The van der Waals surface area contributed by atoms with Gasteiger partial charge < -0.3 is 9.84 Å². The minimum absolute atomic E-state index is 0.0183. The second-order valence-corrected chi connectivity index (χ2v) is 4.06. The molecule has 0 radical (unpaired) electrons. The largest absolute Gasteiger partial charge is 0.488 e. The lowest BCUT2D eigenvalue weighted by Crippen LogP contribution is -1.98. The Morgan fingerprint density at radius 1 is 1.20 bits per heavy atom. The lowest BCUT2D eigenvalue weighted by atomic mass is 10.2. The van der Waals surface area contributed by atoms with Crippen LogP contribution in [-0.2, 0) is 6.61 Å². The average Bonchev–Trinajstić information content (AvgIpc) is 2.48.